The van der Waals surface area contributed by atoms with Crippen molar-refractivity contribution in [2.45, 2.75) is 17.5 Å². The minimum atomic E-state index is -5.01. The predicted molar refractivity (Wildman–Crippen MR) is 105 cm³/mol. The van der Waals surface area contributed by atoms with Gasteiger partial charge >= 0.3 is 12.4 Å². The Bertz CT molecular complexity index is 1100. The van der Waals surface area contributed by atoms with Gasteiger partial charge < -0.3 is 9.88 Å². The molecule has 0 saturated carbocycles. The van der Waals surface area contributed by atoms with E-state index in [1.54, 1.807) is 23.7 Å². The van der Waals surface area contributed by atoms with Gasteiger partial charge in [-0.2, -0.15) is 26.3 Å². The first-order valence-electron chi connectivity index (χ1n) is 8.58. The standard InChI is InChI=1S/C18H12ClF6N5OS/c1-30-15(9-2-3-13(19)26-7-9)28-29-16(30)32-8-14(31)27-12-5-10(17(20,21)22)4-11(6-12)18(23,24)25/h2-7H,8H2,1H3,(H,27,31). The minimum Gasteiger partial charge on any atom is -0.325 e. The highest BCUT2D eigenvalue weighted by Gasteiger charge is 2.37. The molecule has 32 heavy (non-hydrogen) atoms. The summed E-state index contributed by atoms with van der Waals surface area (Å²) < 4.78 is 79.2. The van der Waals surface area contributed by atoms with E-state index in [9.17, 15) is 31.1 Å². The molecule has 0 spiro atoms. The number of carbonyl (C=O) groups is 1. The highest BCUT2D eigenvalue weighted by Crippen LogP contribution is 2.37. The number of aromatic nitrogens is 4. The first-order valence-corrected chi connectivity index (χ1v) is 9.94. The van der Waals surface area contributed by atoms with Gasteiger partial charge in [0.15, 0.2) is 11.0 Å². The Labute approximate surface area is 186 Å². The molecule has 1 aromatic carbocycles. The Kier molecular flexibility index (Phi) is 6.69. The number of hydrogen-bond donors (Lipinski definition) is 1. The molecule has 1 N–H and O–H groups in total. The van der Waals surface area contributed by atoms with Gasteiger partial charge in [0, 0.05) is 24.5 Å². The SMILES string of the molecule is Cn1c(SCC(=O)Nc2cc(C(F)(F)F)cc(C(F)(F)F)c2)nnc1-c1ccc(Cl)nc1. The summed E-state index contributed by atoms with van der Waals surface area (Å²) in [7, 11) is 1.62. The van der Waals surface area contributed by atoms with Gasteiger partial charge in [-0.1, -0.05) is 23.4 Å². The molecule has 0 atom stereocenters. The Balaban J connectivity index is 1.72. The predicted octanol–water partition coefficient (Wildman–Crippen LogP) is 5.30. The second-order valence-electron chi connectivity index (χ2n) is 6.37. The van der Waals surface area contributed by atoms with Gasteiger partial charge in [-0.15, -0.1) is 10.2 Å². The third kappa shape index (κ3) is 5.71. The summed E-state index contributed by atoms with van der Waals surface area (Å²) in [5.74, 6) is -0.729. The molecule has 0 radical (unpaired) electrons. The maximum Gasteiger partial charge on any atom is 0.416 e. The topological polar surface area (TPSA) is 72.7 Å². The van der Waals surface area contributed by atoms with Gasteiger partial charge in [-0.25, -0.2) is 4.98 Å². The van der Waals surface area contributed by atoms with E-state index in [-0.39, 0.29) is 17.0 Å². The molecule has 2 heterocycles. The third-order valence-electron chi connectivity index (χ3n) is 4.02. The van der Waals surface area contributed by atoms with Crippen LogP contribution in [-0.4, -0.2) is 31.4 Å². The van der Waals surface area contributed by atoms with Crippen molar-refractivity contribution in [3.8, 4) is 11.4 Å². The van der Waals surface area contributed by atoms with E-state index in [1.807, 2.05) is 0 Å². The molecule has 0 aliphatic heterocycles. The Morgan fingerprint density at radius 2 is 1.69 bits per heavy atom. The summed E-state index contributed by atoms with van der Waals surface area (Å²) >= 11 is 6.64. The summed E-state index contributed by atoms with van der Waals surface area (Å²) in [5.41, 5.74) is -3.07. The fourth-order valence-corrected chi connectivity index (χ4v) is 3.38. The minimum absolute atomic E-state index is 0.0168. The zero-order valence-electron chi connectivity index (χ0n) is 15.9. The van der Waals surface area contributed by atoms with Gasteiger partial charge in [0.25, 0.3) is 0 Å². The molecule has 2 aromatic heterocycles. The van der Waals surface area contributed by atoms with Crippen molar-refractivity contribution < 1.29 is 31.1 Å². The smallest absolute Gasteiger partial charge is 0.325 e. The normalized spacial score (nSPS) is 12.1. The summed E-state index contributed by atoms with van der Waals surface area (Å²) in [6.45, 7) is 0. The number of thioether (sulfide) groups is 1. The number of anilines is 1. The van der Waals surface area contributed by atoms with E-state index in [1.165, 1.54) is 6.20 Å². The fraction of sp³-hybridized carbons (Fsp3) is 0.222. The van der Waals surface area contributed by atoms with Crippen molar-refractivity contribution in [3.05, 3.63) is 52.8 Å². The molecule has 3 rings (SSSR count). The zero-order valence-corrected chi connectivity index (χ0v) is 17.5. The number of rotatable bonds is 5. The van der Waals surface area contributed by atoms with E-state index < -0.39 is 35.1 Å². The van der Waals surface area contributed by atoms with E-state index in [0.29, 0.717) is 28.7 Å². The summed E-state index contributed by atoms with van der Waals surface area (Å²) in [4.78, 5) is 16.1. The van der Waals surface area contributed by atoms with Crippen LogP contribution < -0.4 is 5.32 Å². The quantitative estimate of drug-likeness (QED) is 0.295. The second kappa shape index (κ2) is 8.98. The highest BCUT2D eigenvalue weighted by atomic mass is 35.5. The molecular weight excluding hydrogens is 484 g/mol. The molecule has 0 unspecified atom stereocenters. The maximum absolute atomic E-state index is 12.9. The number of nitrogens with zero attached hydrogens (tertiary/aromatic N) is 4. The van der Waals surface area contributed by atoms with Crippen LogP contribution in [-0.2, 0) is 24.2 Å². The van der Waals surface area contributed by atoms with Crippen molar-refractivity contribution in [2.75, 3.05) is 11.1 Å². The van der Waals surface area contributed by atoms with Crippen LogP contribution in [0.15, 0.2) is 41.7 Å². The lowest BCUT2D eigenvalue weighted by Crippen LogP contribution is -2.17. The number of benzene rings is 1. The molecule has 0 aliphatic rings. The van der Waals surface area contributed by atoms with Crippen LogP contribution in [0.2, 0.25) is 5.15 Å². The molecule has 14 heteroatoms. The molecule has 0 fully saturated rings. The highest BCUT2D eigenvalue weighted by molar-refractivity contribution is 7.99. The van der Waals surface area contributed by atoms with Gasteiger partial charge in [-0.3, -0.25) is 4.79 Å². The lowest BCUT2D eigenvalue weighted by atomic mass is 10.1. The number of halogens is 7. The van der Waals surface area contributed by atoms with E-state index in [4.69, 9.17) is 11.6 Å². The van der Waals surface area contributed by atoms with Gasteiger partial charge in [0.05, 0.1) is 16.9 Å². The fourth-order valence-electron chi connectivity index (χ4n) is 2.55. The van der Waals surface area contributed by atoms with Gasteiger partial charge in [-0.05, 0) is 30.3 Å². The molecule has 3 aromatic rings. The van der Waals surface area contributed by atoms with Crippen LogP contribution in [0.25, 0.3) is 11.4 Å². The number of amides is 1. The number of alkyl halides is 6. The molecular formula is C18H12ClF6N5OS. The number of carbonyl (C=O) groups excluding carboxylic acids is 1. The van der Waals surface area contributed by atoms with Crippen LogP contribution in [0.4, 0.5) is 32.0 Å². The summed E-state index contributed by atoms with van der Waals surface area (Å²) in [5, 5.41) is 10.5. The van der Waals surface area contributed by atoms with Gasteiger partial charge in [0.1, 0.15) is 5.15 Å². The molecule has 0 saturated heterocycles. The van der Waals surface area contributed by atoms with Crippen molar-refractivity contribution in [1.82, 2.24) is 19.7 Å². The van der Waals surface area contributed by atoms with Crippen LogP contribution in [0.3, 0.4) is 0 Å². The average molecular weight is 496 g/mol. The van der Waals surface area contributed by atoms with E-state index >= 15 is 0 Å². The van der Waals surface area contributed by atoms with Crippen molar-refractivity contribution in [3.63, 3.8) is 0 Å². The number of pyridine rings is 1. The molecule has 0 aliphatic carbocycles. The lowest BCUT2D eigenvalue weighted by molar-refractivity contribution is -0.143. The van der Waals surface area contributed by atoms with E-state index in [0.717, 1.165) is 11.8 Å². The summed E-state index contributed by atoms with van der Waals surface area (Å²) in [6, 6.07) is 4.07. The van der Waals surface area contributed by atoms with Crippen LogP contribution in [0.5, 0.6) is 0 Å². The Morgan fingerprint density at radius 1 is 1.06 bits per heavy atom. The zero-order chi connectivity index (χ0) is 23.7. The molecule has 0 bridgehead atoms. The average Bonchev–Trinajstić information content (AvgIpc) is 3.06. The van der Waals surface area contributed by atoms with Crippen molar-refractivity contribution in [1.29, 1.82) is 0 Å². The number of nitrogens with one attached hydrogen (secondary N) is 1. The van der Waals surface area contributed by atoms with E-state index in [2.05, 4.69) is 20.5 Å². The first kappa shape index (κ1) is 23.9. The Hall–Kier alpha value is -2.80. The van der Waals surface area contributed by atoms with Crippen LogP contribution in [0, 0.1) is 0 Å². The monoisotopic (exact) mass is 495 g/mol. The van der Waals surface area contributed by atoms with Crippen molar-refractivity contribution >= 4 is 35.0 Å². The number of hydrogen-bond acceptors (Lipinski definition) is 5. The lowest BCUT2D eigenvalue weighted by Gasteiger charge is -2.14. The van der Waals surface area contributed by atoms with Crippen LogP contribution >= 0.6 is 23.4 Å². The molecule has 1 amide bonds. The third-order valence-corrected chi connectivity index (χ3v) is 5.27. The largest absolute Gasteiger partial charge is 0.416 e. The van der Waals surface area contributed by atoms with Crippen molar-refractivity contribution in [2.24, 2.45) is 7.05 Å². The molecule has 6 nitrogen and oxygen atoms in total. The van der Waals surface area contributed by atoms with Crippen LogP contribution in [0.1, 0.15) is 11.1 Å². The second-order valence-corrected chi connectivity index (χ2v) is 7.70. The first-order chi connectivity index (χ1) is 14.8. The maximum atomic E-state index is 12.9. The summed E-state index contributed by atoms with van der Waals surface area (Å²) in [6.07, 6.45) is -8.55. The molecule has 170 valence electrons. The van der Waals surface area contributed by atoms with Gasteiger partial charge in [0.2, 0.25) is 5.91 Å². The Morgan fingerprint density at radius 3 is 2.22 bits per heavy atom.